The van der Waals surface area contributed by atoms with Gasteiger partial charge in [0, 0.05) is 19.2 Å². The van der Waals surface area contributed by atoms with Crippen LogP contribution in [-0.4, -0.2) is 68.1 Å². The second-order valence-electron chi connectivity index (χ2n) is 7.37. The molecule has 0 saturated carbocycles. The van der Waals surface area contributed by atoms with E-state index in [0.29, 0.717) is 9.87 Å². The van der Waals surface area contributed by atoms with E-state index in [0.717, 1.165) is 17.0 Å². The van der Waals surface area contributed by atoms with Gasteiger partial charge >= 0.3 is 15.6 Å². The van der Waals surface area contributed by atoms with Crippen LogP contribution in [-0.2, 0) is 35.7 Å². The molecule has 0 spiro atoms. The number of halogens is 3. The summed E-state index contributed by atoms with van der Waals surface area (Å²) in [5.41, 5.74) is -5.95. The van der Waals surface area contributed by atoms with Crippen molar-refractivity contribution in [1.29, 1.82) is 0 Å². The summed E-state index contributed by atoms with van der Waals surface area (Å²) in [4.78, 5) is 23.5. The normalized spacial score (nSPS) is 18.0. The largest absolute Gasteiger partial charge is 0.523 e. The first-order valence-electron chi connectivity index (χ1n) is 9.76. The minimum absolute atomic E-state index is 0.168. The van der Waals surface area contributed by atoms with Crippen molar-refractivity contribution in [1.82, 2.24) is 9.21 Å². The number of piperazine rings is 1. The van der Waals surface area contributed by atoms with Crippen molar-refractivity contribution in [3.63, 3.8) is 0 Å². The van der Waals surface area contributed by atoms with E-state index >= 15 is 0 Å². The van der Waals surface area contributed by atoms with Gasteiger partial charge in [0.2, 0.25) is 15.9 Å². The number of nitrogens with zero attached hydrogens (tertiary/aromatic N) is 3. The fourth-order valence-corrected chi connectivity index (χ4v) is 5.42. The molecular weight excluding hydrogens is 519 g/mol. The highest BCUT2D eigenvalue weighted by atomic mass is 32.2. The number of nitro benzene ring substituents is 1. The van der Waals surface area contributed by atoms with Gasteiger partial charge in [0.15, 0.2) is 4.90 Å². The zero-order valence-electron chi connectivity index (χ0n) is 17.7. The second kappa shape index (κ2) is 9.88. The number of benzene rings is 2. The number of nitro groups is 1. The maximum absolute atomic E-state index is 13.1. The molecule has 0 aliphatic carbocycles. The molecule has 190 valence electrons. The molecule has 2 aromatic carbocycles. The lowest BCUT2D eigenvalue weighted by molar-refractivity contribution is -0.387. The summed E-state index contributed by atoms with van der Waals surface area (Å²) >= 11 is 0. The molecule has 1 aliphatic heterocycles. The van der Waals surface area contributed by atoms with Crippen LogP contribution in [0.5, 0.6) is 0 Å². The minimum atomic E-state index is -6.03. The van der Waals surface area contributed by atoms with Gasteiger partial charge in [-0.2, -0.15) is 25.9 Å². The fourth-order valence-electron chi connectivity index (χ4n) is 3.37. The highest BCUT2D eigenvalue weighted by Crippen LogP contribution is 2.30. The van der Waals surface area contributed by atoms with Crippen molar-refractivity contribution in [2.24, 2.45) is 0 Å². The van der Waals surface area contributed by atoms with Gasteiger partial charge in [-0.15, -0.1) is 0 Å². The Hall–Kier alpha value is -3.08. The number of carbonyl (C=O) groups is 1. The smallest absolute Gasteiger partial charge is 0.331 e. The molecule has 2 aromatic rings. The molecule has 0 aromatic heterocycles. The molecule has 0 N–H and O–H groups in total. The number of para-hydroxylation sites is 1. The van der Waals surface area contributed by atoms with Crippen LogP contribution in [0.15, 0.2) is 59.5 Å². The summed E-state index contributed by atoms with van der Waals surface area (Å²) < 4.78 is 92.0. The lowest BCUT2D eigenvalue weighted by Crippen LogP contribution is -2.59. The topological polar surface area (TPSA) is 144 Å². The van der Waals surface area contributed by atoms with E-state index in [1.165, 1.54) is 12.1 Å². The zero-order chi connectivity index (χ0) is 26.0. The molecule has 0 bridgehead atoms. The van der Waals surface area contributed by atoms with E-state index in [-0.39, 0.29) is 6.54 Å². The molecule has 1 amide bonds. The standard InChI is InChI=1S/C19H18F3N3O8S2/c20-19(21,22)35(31,32)33-13-15-11-23(12-18(26)24(15)10-14-6-2-1-3-7-14)34(29,30)17-9-5-4-8-16(17)25(27)28/h1-9,15H,10-13H2/t15-/m1/s1. The van der Waals surface area contributed by atoms with Crippen LogP contribution in [0.2, 0.25) is 0 Å². The molecule has 1 fully saturated rings. The van der Waals surface area contributed by atoms with Crippen molar-refractivity contribution < 1.29 is 43.9 Å². The molecule has 35 heavy (non-hydrogen) atoms. The van der Waals surface area contributed by atoms with Gasteiger partial charge in [0.05, 0.1) is 24.1 Å². The number of rotatable bonds is 8. The summed E-state index contributed by atoms with van der Waals surface area (Å²) in [6.07, 6.45) is 0. The number of carbonyl (C=O) groups excluding carboxylic acids is 1. The third-order valence-corrected chi connectivity index (χ3v) is 7.93. The third-order valence-electron chi connectivity index (χ3n) is 5.06. The summed E-state index contributed by atoms with van der Waals surface area (Å²) in [5, 5.41) is 11.3. The van der Waals surface area contributed by atoms with Crippen LogP contribution in [0, 0.1) is 10.1 Å². The molecule has 1 aliphatic rings. The van der Waals surface area contributed by atoms with Crippen LogP contribution < -0.4 is 0 Å². The Morgan fingerprint density at radius 3 is 2.23 bits per heavy atom. The fraction of sp³-hybridized carbons (Fsp3) is 0.316. The molecule has 0 unspecified atom stereocenters. The Bertz CT molecular complexity index is 1320. The monoisotopic (exact) mass is 537 g/mol. The maximum Gasteiger partial charge on any atom is 0.523 e. The van der Waals surface area contributed by atoms with Crippen LogP contribution in [0.1, 0.15) is 5.56 Å². The number of sulfonamides is 1. The van der Waals surface area contributed by atoms with Gasteiger partial charge in [0.25, 0.3) is 5.69 Å². The van der Waals surface area contributed by atoms with Crippen molar-refractivity contribution in [2.45, 2.75) is 23.0 Å². The first-order chi connectivity index (χ1) is 16.2. The Kier molecular flexibility index (Phi) is 7.49. The minimum Gasteiger partial charge on any atom is -0.331 e. The van der Waals surface area contributed by atoms with E-state index < -0.39 is 72.8 Å². The van der Waals surface area contributed by atoms with Gasteiger partial charge in [-0.3, -0.25) is 19.1 Å². The van der Waals surface area contributed by atoms with Crippen LogP contribution in [0.3, 0.4) is 0 Å². The number of alkyl halides is 3. The van der Waals surface area contributed by atoms with Gasteiger partial charge in [-0.1, -0.05) is 42.5 Å². The lowest BCUT2D eigenvalue weighted by Gasteiger charge is -2.40. The van der Waals surface area contributed by atoms with Crippen molar-refractivity contribution in [3.8, 4) is 0 Å². The number of hydrogen-bond donors (Lipinski definition) is 0. The first-order valence-corrected chi connectivity index (χ1v) is 12.6. The highest BCUT2D eigenvalue weighted by Gasteiger charge is 2.49. The van der Waals surface area contributed by atoms with Crippen LogP contribution in [0.25, 0.3) is 0 Å². The van der Waals surface area contributed by atoms with Gasteiger partial charge < -0.3 is 4.90 Å². The Balaban J connectivity index is 1.95. The molecule has 1 atom stereocenters. The zero-order valence-corrected chi connectivity index (χ0v) is 19.3. The molecule has 11 nitrogen and oxygen atoms in total. The van der Waals surface area contributed by atoms with E-state index in [4.69, 9.17) is 0 Å². The van der Waals surface area contributed by atoms with Crippen molar-refractivity contribution in [3.05, 3.63) is 70.3 Å². The van der Waals surface area contributed by atoms with Crippen LogP contribution in [0.4, 0.5) is 18.9 Å². The highest BCUT2D eigenvalue weighted by molar-refractivity contribution is 7.89. The Labute approximate surface area is 198 Å². The van der Waals surface area contributed by atoms with Gasteiger partial charge in [-0.05, 0) is 11.6 Å². The average Bonchev–Trinajstić information content (AvgIpc) is 2.79. The van der Waals surface area contributed by atoms with Gasteiger partial charge in [-0.25, -0.2) is 8.42 Å². The van der Waals surface area contributed by atoms with E-state index in [9.17, 15) is 44.9 Å². The Morgan fingerprint density at radius 2 is 1.63 bits per heavy atom. The van der Waals surface area contributed by atoms with Crippen molar-refractivity contribution >= 4 is 31.7 Å². The second-order valence-corrected chi connectivity index (χ2v) is 10.9. The van der Waals surface area contributed by atoms with Crippen molar-refractivity contribution in [2.75, 3.05) is 19.7 Å². The predicted octanol–water partition coefficient (Wildman–Crippen LogP) is 1.86. The average molecular weight is 537 g/mol. The molecule has 1 saturated heterocycles. The summed E-state index contributed by atoms with van der Waals surface area (Å²) in [5.74, 6) is -0.861. The quantitative estimate of drug-likeness (QED) is 0.215. The summed E-state index contributed by atoms with van der Waals surface area (Å²) in [7, 11) is -10.7. The van der Waals surface area contributed by atoms with E-state index in [1.807, 2.05) is 0 Å². The molecule has 16 heteroatoms. The third kappa shape index (κ3) is 5.77. The molecule has 3 rings (SSSR count). The van der Waals surface area contributed by atoms with E-state index in [2.05, 4.69) is 4.18 Å². The number of amides is 1. The van der Waals surface area contributed by atoms with Gasteiger partial charge in [0.1, 0.15) is 0 Å². The lowest BCUT2D eigenvalue weighted by atomic mass is 10.1. The predicted molar refractivity (Wildman–Crippen MR) is 114 cm³/mol. The number of hydrogen-bond acceptors (Lipinski definition) is 8. The molecular formula is C19H18F3N3O8S2. The van der Waals surface area contributed by atoms with E-state index in [1.54, 1.807) is 30.3 Å². The first kappa shape index (κ1) is 26.5. The maximum atomic E-state index is 13.1. The summed E-state index contributed by atoms with van der Waals surface area (Å²) in [6.45, 7) is -2.80. The Morgan fingerprint density at radius 1 is 1.03 bits per heavy atom. The SMILES string of the molecule is O=C1CN(S(=O)(=O)c2ccccc2[N+](=O)[O-])C[C@H](COS(=O)(=O)C(F)(F)F)N1Cc1ccccc1. The molecule has 0 radical (unpaired) electrons. The summed E-state index contributed by atoms with van der Waals surface area (Å²) in [6, 6.07) is 11.1. The molecule has 1 heterocycles. The van der Waals surface area contributed by atoms with Crippen LogP contribution >= 0.6 is 0 Å².